The molecular formula is C23H16BrF3N2O2S. The fourth-order valence-corrected chi connectivity index (χ4v) is 4.77. The molecule has 0 bridgehead atoms. The highest BCUT2D eigenvalue weighted by Gasteiger charge is 2.35. The average molecular weight is 521 g/mol. The summed E-state index contributed by atoms with van der Waals surface area (Å²) in [4.78, 5) is 26.5. The lowest BCUT2D eigenvalue weighted by molar-refractivity contribution is -0.137. The number of carbonyl (C=O) groups is 2. The van der Waals surface area contributed by atoms with Gasteiger partial charge in [-0.2, -0.15) is 13.2 Å². The number of nitrogens with one attached hydrogen (secondary N) is 1. The molecule has 0 radical (unpaired) electrons. The molecule has 0 spiro atoms. The molecule has 3 aromatic carbocycles. The first-order valence-electron chi connectivity index (χ1n) is 9.50. The van der Waals surface area contributed by atoms with Crippen molar-refractivity contribution in [2.24, 2.45) is 0 Å². The number of halogens is 4. The molecule has 1 aliphatic rings. The maximum absolute atomic E-state index is 12.9. The number of anilines is 2. The Hall–Kier alpha value is -2.78. The number of amides is 2. The van der Waals surface area contributed by atoms with Crippen LogP contribution >= 0.6 is 27.7 Å². The number of nitrogens with zero attached hydrogens (tertiary/aromatic N) is 1. The molecule has 1 saturated heterocycles. The van der Waals surface area contributed by atoms with Crippen LogP contribution in [0.1, 0.15) is 26.9 Å². The predicted molar refractivity (Wildman–Crippen MR) is 123 cm³/mol. The van der Waals surface area contributed by atoms with E-state index in [1.165, 1.54) is 28.8 Å². The quantitative estimate of drug-likeness (QED) is 0.427. The third-order valence-electron chi connectivity index (χ3n) is 4.88. The van der Waals surface area contributed by atoms with Crippen molar-refractivity contribution < 1.29 is 22.8 Å². The van der Waals surface area contributed by atoms with Crippen molar-refractivity contribution in [1.82, 2.24) is 0 Å². The summed E-state index contributed by atoms with van der Waals surface area (Å²) >= 11 is 4.71. The van der Waals surface area contributed by atoms with Crippen LogP contribution in [0.5, 0.6) is 0 Å². The highest BCUT2D eigenvalue weighted by Crippen LogP contribution is 2.43. The summed E-state index contributed by atoms with van der Waals surface area (Å²) in [5.74, 6) is -0.255. The molecule has 164 valence electrons. The smallest absolute Gasteiger partial charge is 0.322 e. The predicted octanol–water partition coefficient (Wildman–Crippen LogP) is 6.50. The van der Waals surface area contributed by atoms with E-state index in [1.54, 1.807) is 42.5 Å². The van der Waals surface area contributed by atoms with Crippen molar-refractivity contribution in [3.8, 4) is 0 Å². The molecule has 0 saturated carbocycles. The Kier molecular flexibility index (Phi) is 6.30. The lowest BCUT2D eigenvalue weighted by atomic mass is 10.1. The van der Waals surface area contributed by atoms with Gasteiger partial charge in [0.15, 0.2) is 0 Å². The SMILES string of the molecule is O=C(Nc1cccc([C@@H]2SCC(=O)N2c2ccc(C(F)(F)F)cc2)c1)c1ccc(Br)cc1. The van der Waals surface area contributed by atoms with E-state index in [-0.39, 0.29) is 17.6 Å². The molecule has 1 fully saturated rings. The summed E-state index contributed by atoms with van der Waals surface area (Å²) in [5, 5.41) is 2.43. The Morgan fingerprint density at radius 2 is 1.72 bits per heavy atom. The molecule has 3 aromatic rings. The number of rotatable bonds is 4. The lowest BCUT2D eigenvalue weighted by Crippen LogP contribution is -2.28. The number of carbonyl (C=O) groups excluding carboxylic acids is 2. The largest absolute Gasteiger partial charge is 0.416 e. The molecule has 4 nitrogen and oxygen atoms in total. The van der Waals surface area contributed by atoms with Gasteiger partial charge >= 0.3 is 6.18 Å². The highest BCUT2D eigenvalue weighted by molar-refractivity contribution is 9.10. The van der Waals surface area contributed by atoms with Gasteiger partial charge in [-0.3, -0.25) is 14.5 Å². The van der Waals surface area contributed by atoms with Crippen molar-refractivity contribution in [3.05, 3.63) is 94.0 Å². The van der Waals surface area contributed by atoms with E-state index in [1.807, 2.05) is 6.07 Å². The molecule has 1 N–H and O–H groups in total. The molecule has 1 atom stereocenters. The molecule has 1 heterocycles. The molecule has 9 heteroatoms. The third kappa shape index (κ3) is 4.83. The first-order valence-corrected chi connectivity index (χ1v) is 11.3. The van der Waals surface area contributed by atoms with Gasteiger partial charge in [0.2, 0.25) is 5.91 Å². The molecule has 0 unspecified atom stereocenters. The third-order valence-corrected chi connectivity index (χ3v) is 6.62. The normalized spacial score (nSPS) is 16.3. The second-order valence-electron chi connectivity index (χ2n) is 7.06. The summed E-state index contributed by atoms with van der Waals surface area (Å²) < 4.78 is 39.5. The van der Waals surface area contributed by atoms with Gasteiger partial charge in [0.1, 0.15) is 5.37 Å². The van der Waals surface area contributed by atoms with Crippen molar-refractivity contribution in [1.29, 1.82) is 0 Å². The Labute approximate surface area is 194 Å². The second kappa shape index (κ2) is 8.99. The van der Waals surface area contributed by atoms with E-state index in [0.717, 1.165) is 22.2 Å². The van der Waals surface area contributed by atoms with Gasteiger partial charge in [-0.25, -0.2) is 0 Å². The Morgan fingerprint density at radius 3 is 2.38 bits per heavy atom. The van der Waals surface area contributed by atoms with Crippen LogP contribution < -0.4 is 10.2 Å². The van der Waals surface area contributed by atoms with Crippen molar-refractivity contribution in [3.63, 3.8) is 0 Å². The van der Waals surface area contributed by atoms with E-state index in [4.69, 9.17) is 0 Å². The van der Waals surface area contributed by atoms with Gasteiger partial charge in [-0.1, -0.05) is 28.1 Å². The van der Waals surface area contributed by atoms with E-state index >= 15 is 0 Å². The van der Waals surface area contributed by atoms with Gasteiger partial charge < -0.3 is 5.32 Å². The fraction of sp³-hybridized carbons (Fsp3) is 0.130. The zero-order valence-corrected chi connectivity index (χ0v) is 18.8. The van der Waals surface area contributed by atoms with Crippen molar-refractivity contribution in [2.75, 3.05) is 16.0 Å². The molecule has 2 amide bonds. The summed E-state index contributed by atoms with van der Waals surface area (Å²) in [6, 6.07) is 18.6. The van der Waals surface area contributed by atoms with E-state index in [0.29, 0.717) is 16.9 Å². The first kappa shape index (κ1) is 22.4. The minimum absolute atomic E-state index is 0.191. The van der Waals surface area contributed by atoms with Gasteiger partial charge in [0.05, 0.1) is 11.3 Å². The topological polar surface area (TPSA) is 49.4 Å². The van der Waals surface area contributed by atoms with Crippen LogP contribution in [-0.4, -0.2) is 17.6 Å². The fourth-order valence-electron chi connectivity index (χ4n) is 3.34. The van der Waals surface area contributed by atoms with Crippen LogP contribution in [0.15, 0.2) is 77.3 Å². The number of hydrogen-bond donors (Lipinski definition) is 1. The van der Waals surface area contributed by atoms with Crippen LogP contribution in [0.4, 0.5) is 24.5 Å². The van der Waals surface area contributed by atoms with Crippen LogP contribution in [0, 0.1) is 0 Å². The van der Waals surface area contributed by atoms with Crippen LogP contribution in [-0.2, 0) is 11.0 Å². The molecular weight excluding hydrogens is 505 g/mol. The highest BCUT2D eigenvalue weighted by atomic mass is 79.9. The molecule has 0 aromatic heterocycles. The molecule has 32 heavy (non-hydrogen) atoms. The van der Waals surface area contributed by atoms with Crippen LogP contribution in [0.2, 0.25) is 0 Å². The van der Waals surface area contributed by atoms with Crippen LogP contribution in [0.25, 0.3) is 0 Å². The van der Waals surface area contributed by atoms with Crippen molar-refractivity contribution >= 4 is 50.9 Å². The van der Waals surface area contributed by atoms with E-state index in [9.17, 15) is 22.8 Å². The first-order chi connectivity index (χ1) is 15.2. The summed E-state index contributed by atoms with van der Waals surface area (Å²) in [6.45, 7) is 0. The van der Waals surface area contributed by atoms with Gasteiger partial charge in [0.25, 0.3) is 5.91 Å². The number of benzene rings is 3. The van der Waals surface area contributed by atoms with Crippen molar-refractivity contribution in [2.45, 2.75) is 11.6 Å². The maximum atomic E-state index is 12.9. The minimum atomic E-state index is -4.44. The molecule has 1 aliphatic heterocycles. The Bertz CT molecular complexity index is 1150. The average Bonchev–Trinajstić information content (AvgIpc) is 3.15. The summed E-state index contributed by atoms with van der Waals surface area (Å²) in [7, 11) is 0. The zero-order valence-electron chi connectivity index (χ0n) is 16.4. The second-order valence-corrected chi connectivity index (χ2v) is 9.04. The van der Waals surface area contributed by atoms with Gasteiger partial charge in [-0.05, 0) is 66.2 Å². The van der Waals surface area contributed by atoms with Crippen LogP contribution in [0.3, 0.4) is 0 Å². The zero-order chi connectivity index (χ0) is 22.9. The van der Waals surface area contributed by atoms with E-state index in [2.05, 4.69) is 21.2 Å². The molecule has 4 rings (SSSR count). The van der Waals surface area contributed by atoms with Gasteiger partial charge in [-0.15, -0.1) is 11.8 Å². The standard InChI is InChI=1S/C23H16BrF3N2O2S/c24-17-8-4-14(5-9-17)21(31)28-18-3-1-2-15(12-18)22-29(20(30)13-32-22)19-10-6-16(7-11-19)23(25,26)27/h1-12,22H,13H2,(H,28,31)/t22-/m0/s1. The lowest BCUT2D eigenvalue weighted by Gasteiger charge is -2.25. The summed E-state index contributed by atoms with van der Waals surface area (Å²) in [5.41, 5.74) is 1.43. The summed E-state index contributed by atoms with van der Waals surface area (Å²) in [6.07, 6.45) is -4.44. The maximum Gasteiger partial charge on any atom is 0.416 e. The number of hydrogen-bond acceptors (Lipinski definition) is 3. The minimum Gasteiger partial charge on any atom is -0.322 e. The number of thioether (sulfide) groups is 1. The Balaban J connectivity index is 1.56. The monoisotopic (exact) mass is 520 g/mol. The van der Waals surface area contributed by atoms with E-state index < -0.39 is 17.1 Å². The molecule has 0 aliphatic carbocycles. The van der Waals surface area contributed by atoms with Gasteiger partial charge in [0, 0.05) is 21.4 Å². The Morgan fingerprint density at radius 1 is 1.03 bits per heavy atom. The number of alkyl halides is 3.